The molecule has 0 aliphatic heterocycles. The summed E-state index contributed by atoms with van der Waals surface area (Å²) >= 11 is 0. The van der Waals surface area contributed by atoms with Gasteiger partial charge in [-0.3, -0.25) is 0 Å². The Morgan fingerprint density at radius 3 is 2.30 bits per heavy atom. The van der Waals surface area contributed by atoms with Crippen molar-refractivity contribution in [1.82, 2.24) is 0 Å². The lowest BCUT2D eigenvalue weighted by Crippen LogP contribution is -1.81. The quantitative estimate of drug-likeness (QED) is 0.203. The minimum absolute atomic E-state index is 0.787. The van der Waals surface area contributed by atoms with E-state index in [1.54, 1.807) is 6.04 Å². The molecule has 0 aromatic heterocycles. The van der Waals surface area contributed by atoms with Crippen LogP contribution in [0.4, 0.5) is 0 Å². The molecular formula is C6H2N2O2. The fraction of sp³-hybridized carbons (Fsp3) is 0. The molecule has 0 spiro atoms. The lowest BCUT2D eigenvalue weighted by atomic mass is 10.6. The maximum atomic E-state index is 9.54. The summed E-state index contributed by atoms with van der Waals surface area (Å²) in [4.78, 5) is 8.75. The Labute approximate surface area is 57.6 Å². The largest absolute Gasteiger partial charge is 0.359 e. The Hall–Kier alpha value is -2.12. The van der Waals surface area contributed by atoms with Crippen LogP contribution in [0.3, 0.4) is 0 Å². The van der Waals surface area contributed by atoms with Gasteiger partial charge in [0.05, 0.1) is 5.92 Å². The van der Waals surface area contributed by atoms with Gasteiger partial charge in [-0.1, -0.05) is 0 Å². The standard InChI is InChI=1S/C6H2N2O2/c7-5-3-1-2-4-6-8(9)10/h7H2. The first kappa shape index (κ1) is 7.88. The zero-order chi connectivity index (χ0) is 7.82. The molecule has 0 amide bonds. The van der Waals surface area contributed by atoms with Crippen LogP contribution in [0.2, 0.25) is 0 Å². The van der Waals surface area contributed by atoms with Crippen molar-refractivity contribution in [3.63, 3.8) is 0 Å². The molecule has 48 valence electrons. The van der Waals surface area contributed by atoms with Gasteiger partial charge in [0, 0.05) is 23.8 Å². The molecule has 0 aromatic rings. The van der Waals surface area contributed by atoms with Gasteiger partial charge in [0.1, 0.15) is 4.92 Å². The first-order chi connectivity index (χ1) is 4.77. The van der Waals surface area contributed by atoms with Crippen molar-refractivity contribution in [3.8, 4) is 35.8 Å². The Morgan fingerprint density at radius 1 is 1.20 bits per heavy atom. The molecule has 0 atom stereocenters. The molecule has 0 radical (unpaired) electrons. The van der Waals surface area contributed by atoms with Crippen LogP contribution in [0.15, 0.2) is 0 Å². The molecular weight excluding hydrogens is 132 g/mol. The molecule has 0 heterocycles. The van der Waals surface area contributed by atoms with Crippen LogP contribution in [-0.2, 0) is 0 Å². The van der Waals surface area contributed by atoms with Crippen LogP contribution in [0.25, 0.3) is 0 Å². The van der Waals surface area contributed by atoms with Gasteiger partial charge in [0.25, 0.3) is 0 Å². The van der Waals surface area contributed by atoms with Crippen molar-refractivity contribution in [2.45, 2.75) is 0 Å². The number of hydrogen-bond donors (Lipinski definition) is 1. The number of nitrogens with two attached hydrogens (primary N) is 1. The smallest absolute Gasteiger partial charge is 0.304 e. The summed E-state index contributed by atoms with van der Waals surface area (Å²) in [5.41, 5.74) is 4.72. The van der Waals surface area contributed by atoms with E-state index < -0.39 is 4.92 Å². The molecule has 10 heavy (non-hydrogen) atoms. The van der Waals surface area contributed by atoms with Crippen molar-refractivity contribution < 1.29 is 4.92 Å². The van der Waals surface area contributed by atoms with E-state index in [-0.39, 0.29) is 0 Å². The Kier molecular flexibility index (Phi) is 3.96. The molecule has 0 aliphatic carbocycles. The van der Waals surface area contributed by atoms with Crippen molar-refractivity contribution in [2.75, 3.05) is 0 Å². The molecule has 0 aromatic carbocycles. The van der Waals surface area contributed by atoms with Crippen LogP contribution in [0.5, 0.6) is 0 Å². The van der Waals surface area contributed by atoms with E-state index >= 15 is 0 Å². The van der Waals surface area contributed by atoms with Crippen molar-refractivity contribution in [2.24, 2.45) is 5.73 Å². The van der Waals surface area contributed by atoms with E-state index in [9.17, 15) is 10.1 Å². The normalized spacial score (nSPS) is 4.80. The molecule has 2 N–H and O–H groups in total. The van der Waals surface area contributed by atoms with E-state index in [0.717, 1.165) is 0 Å². The topological polar surface area (TPSA) is 69.2 Å². The minimum Gasteiger partial charge on any atom is -0.359 e. The predicted octanol–water partition coefficient (Wildman–Crippen LogP) is -0.853. The maximum absolute atomic E-state index is 9.54. The highest BCUT2D eigenvalue weighted by Gasteiger charge is 1.76. The van der Waals surface area contributed by atoms with E-state index in [4.69, 9.17) is 5.73 Å². The number of rotatable bonds is 0. The van der Waals surface area contributed by atoms with Crippen LogP contribution in [-0.4, -0.2) is 4.92 Å². The SMILES string of the molecule is NC#CC#CC#C[N+](=O)[O-]. The highest BCUT2D eigenvalue weighted by atomic mass is 16.6. The number of hydrogen-bond acceptors (Lipinski definition) is 3. The van der Waals surface area contributed by atoms with Gasteiger partial charge >= 0.3 is 6.04 Å². The van der Waals surface area contributed by atoms with Crippen molar-refractivity contribution in [3.05, 3.63) is 10.1 Å². The Bertz CT molecular complexity index is 300. The third-order valence-corrected chi connectivity index (χ3v) is 0.407. The second-order valence-electron chi connectivity index (χ2n) is 1.01. The average molecular weight is 134 g/mol. The molecule has 0 saturated heterocycles. The third kappa shape index (κ3) is 5.88. The minimum atomic E-state index is -0.787. The van der Waals surface area contributed by atoms with E-state index in [2.05, 4.69) is 17.8 Å². The van der Waals surface area contributed by atoms with Crippen molar-refractivity contribution in [1.29, 1.82) is 0 Å². The summed E-state index contributed by atoms with van der Waals surface area (Å²) in [5, 5.41) is 9.54. The number of nitro groups is 1. The van der Waals surface area contributed by atoms with Crippen LogP contribution < -0.4 is 5.73 Å². The van der Waals surface area contributed by atoms with Crippen LogP contribution in [0, 0.1) is 45.9 Å². The van der Waals surface area contributed by atoms with Gasteiger partial charge in [0.2, 0.25) is 0 Å². The highest BCUT2D eigenvalue weighted by molar-refractivity contribution is 5.33. The summed E-state index contributed by atoms with van der Waals surface area (Å²) in [7, 11) is 0. The summed E-state index contributed by atoms with van der Waals surface area (Å²) in [6, 6.07) is 3.59. The summed E-state index contributed by atoms with van der Waals surface area (Å²) in [5.74, 6) is 8.40. The maximum Gasteiger partial charge on any atom is 0.304 e. The monoisotopic (exact) mass is 134 g/mol. The predicted molar refractivity (Wildman–Crippen MR) is 34.5 cm³/mol. The van der Waals surface area contributed by atoms with Crippen LogP contribution >= 0.6 is 0 Å². The first-order valence-corrected chi connectivity index (χ1v) is 2.13. The van der Waals surface area contributed by atoms with Crippen LogP contribution in [0.1, 0.15) is 0 Å². The highest BCUT2D eigenvalue weighted by Crippen LogP contribution is 1.57. The zero-order valence-corrected chi connectivity index (χ0v) is 4.84. The molecule has 0 unspecified atom stereocenters. The second kappa shape index (κ2) is 5.03. The van der Waals surface area contributed by atoms with Crippen molar-refractivity contribution >= 4 is 0 Å². The molecule has 0 fully saturated rings. The lowest BCUT2D eigenvalue weighted by Gasteiger charge is -1.62. The third-order valence-electron chi connectivity index (χ3n) is 0.407. The van der Waals surface area contributed by atoms with Gasteiger partial charge in [-0.25, -0.2) is 10.1 Å². The lowest BCUT2D eigenvalue weighted by molar-refractivity contribution is -0.379. The summed E-state index contributed by atoms with van der Waals surface area (Å²) in [6.07, 6.45) is 0. The van der Waals surface area contributed by atoms with Gasteiger partial charge in [-0.05, 0) is 0 Å². The molecule has 0 aliphatic rings. The van der Waals surface area contributed by atoms with Gasteiger partial charge in [-0.2, -0.15) is 0 Å². The summed E-state index contributed by atoms with van der Waals surface area (Å²) in [6.45, 7) is 0. The molecule has 0 bridgehead atoms. The van der Waals surface area contributed by atoms with Gasteiger partial charge in [-0.15, -0.1) is 0 Å². The number of nitrogens with zero attached hydrogens (tertiary/aromatic N) is 1. The molecule has 0 rings (SSSR count). The van der Waals surface area contributed by atoms with E-state index in [1.807, 2.05) is 12.0 Å². The average Bonchev–Trinajstić information content (AvgIpc) is 1.87. The molecule has 0 saturated carbocycles. The Morgan fingerprint density at radius 2 is 1.80 bits per heavy atom. The van der Waals surface area contributed by atoms with Gasteiger partial charge in [0.15, 0.2) is 0 Å². The fourth-order valence-corrected chi connectivity index (χ4v) is 0.172. The Balaban J connectivity index is 3.98. The van der Waals surface area contributed by atoms with Gasteiger partial charge < -0.3 is 5.73 Å². The fourth-order valence-electron chi connectivity index (χ4n) is 0.172. The van der Waals surface area contributed by atoms with E-state index in [0.29, 0.717) is 0 Å². The summed E-state index contributed by atoms with van der Waals surface area (Å²) < 4.78 is 0. The molecule has 4 heteroatoms. The first-order valence-electron chi connectivity index (χ1n) is 2.13. The molecule has 4 nitrogen and oxygen atoms in total. The zero-order valence-electron chi connectivity index (χ0n) is 4.84. The second-order valence-corrected chi connectivity index (χ2v) is 1.01. The van der Waals surface area contributed by atoms with E-state index in [1.165, 1.54) is 0 Å².